The number of aryl methyl sites for hydroxylation is 1. The highest BCUT2D eigenvalue weighted by Crippen LogP contribution is 2.31. The average molecular weight is 254 g/mol. The number of methoxy groups -OCH3 is 2. The largest absolute Gasteiger partial charge is 0.502 e. The summed E-state index contributed by atoms with van der Waals surface area (Å²) < 4.78 is 21.9. The maximum atomic E-state index is 5.90. The van der Waals surface area contributed by atoms with E-state index in [2.05, 4.69) is 6.58 Å². The Morgan fingerprint density at radius 2 is 2.06 bits per heavy atom. The molecule has 0 bridgehead atoms. The van der Waals surface area contributed by atoms with Crippen LogP contribution in [0.3, 0.4) is 0 Å². The van der Waals surface area contributed by atoms with E-state index in [0.717, 1.165) is 11.5 Å². The molecule has 0 aliphatic rings. The van der Waals surface area contributed by atoms with Gasteiger partial charge in [-0.15, -0.1) is 0 Å². The molecule has 0 radical (unpaired) electrons. The van der Waals surface area contributed by atoms with E-state index in [1.165, 1.54) is 0 Å². The van der Waals surface area contributed by atoms with Crippen molar-refractivity contribution < 1.29 is 18.6 Å². The highest BCUT2D eigenvalue weighted by atomic mass is 16.7. The minimum Gasteiger partial charge on any atom is -0.502 e. The third-order valence-electron chi connectivity index (χ3n) is 2.70. The fourth-order valence-electron chi connectivity index (χ4n) is 1.51. The molecule has 0 saturated carbocycles. The van der Waals surface area contributed by atoms with Crippen LogP contribution in [0.15, 0.2) is 28.9 Å². The van der Waals surface area contributed by atoms with Gasteiger partial charge in [0.05, 0.1) is 12.9 Å². The number of furan rings is 1. The van der Waals surface area contributed by atoms with Crippen LogP contribution in [0.5, 0.6) is 0 Å². The van der Waals surface area contributed by atoms with E-state index < -0.39 is 5.79 Å². The molecule has 0 spiro atoms. The monoisotopic (exact) mass is 254 g/mol. The van der Waals surface area contributed by atoms with Crippen molar-refractivity contribution >= 4 is 0 Å². The molecule has 1 aromatic heterocycles. The Labute approximate surface area is 109 Å². The summed E-state index contributed by atoms with van der Waals surface area (Å²) in [6, 6.07) is 3.80. The molecule has 1 atom stereocenters. The zero-order valence-corrected chi connectivity index (χ0v) is 11.8. The van der Waals surface area contributed by atoms with Crippen LogP contribution in [0.25, 0.3) is 0 Å². The van der Waals surface area contributed by atoms with Crippen LogP contribution < -0.4 is 0 Å². The van der Waals surface area contributed by atoms with Gasteiger partial charge in [-0.25, -0.2) is 0 Å². The Bertz CT molecular complexity index is 392. The third-order valence-corrected chi connectivity index (χ3v) is 2.70. The van der Waals surface area contributed by atoms with Crippen molar-refractivity contribution in [2.75, 3.05) is 14.2 Å². The minimum absolute atomic E-state index is 0.277. The van der Waals surface area contributed by atoms with Crippen LogP contribution in [0.2, 0.25) is 0 Å². The molecule has 0 saturated heterocycles. The maximum Gasteiger partial charge on any atom is 0.163 e. The Hall–Kier alpha value is -1.26. The first-order chi connectivity index (χ1) is 8.38. The van der Waals surface area contributed by atoms with E-state index in [0.29, 0.717) is 12.2 Å². The van der Waals surface area contributed by atoms with Gasteiger partial charge in [0.25, 0.3) is 0 Å². The highest BCUT2D eigenvalue weighted by molar-refractivity contribution is 5.10. The molecule has 1 unspecified atom stereocenters. The fraction of sp³-hybridized carbons (Fsp3) is 0.571. The Morgan fingerprint density at radius 3 is 2.50 bits per heavy atom. The van der Waals surface area contributed by atoms with E-state index in [-0.39, 0.29) is 6.10 Å². The fourth-order valence-corrected chi connectivity index (χ4v) is 1.51. The van der Waals surface area contributed by atoms with E-state index in [1.807, 2.05) is 32.9 Å². The normalized spacial score (nSPS) is 13.4. The Morgan fingerprint density at radius 1 is 1.39 bits per heavy atom. The van der Waals surface area contributed by atoms with Gasteiger partial charge in [-0.05, 0) is 32.9 Å². The molecular weight excluding hydrogens is 232 g/mol. The second kappa shape index (κ2) is 6.07. The summed E-state index contributed by atoms with van der Waals surface area (Å²) in [4.78, 5) is 0. The standard InChI is InChI=1S/C14H22O4/c1-10-7-8-12(17-10)13(9-11(2)15-5)18-14(3,4)16-6/h7-8,13H,2,9H2,1,3-6H3. The second-order valence-electron chi connectivity index (χ2n) is 4.61. The van der Waals surface area contributed by atoms with Gasteiger partial charge in [0.15, 0.2) is 5.79 Å². The Kier molecular flexibility index (Phi) is 4.99. The lowest BCUT2D eigenvalue weighted by atomic mass is 10.1. The van der Waals surface area contributed by atoms with Crippen molar-refractivity contribution in [2.24, 2.45) is 0 Å². The molecule has 1 aromatic rings. The van der Waals surface area contributed by atoms with Crippen molar-refractivity contribution in [3.05, 3.63) is 36.0 Å². The molecule has 0 aromatic carbocycles. The van der Waals surface area contributed by atoms with E-state index >= 15 is 0 Å². The number of hydrogen-bond donors (Lipinski definition) is 0. The lowest BCUT2D eigenvalue weighted by Gasteiger charge is -2.28. The number of rotatable bonds is 7. The van der Waals surface area contributed by atoms with Crippen molar-refractivity contribution in [3.63, 3.8) is 0 Å². The first-order valence-electron chi connectivity index (χ1n) is 5.89. The lowest BCUT2D eigenvalue weighted by molar-refractivity contribution is -0.229. The van der Waals surface area contributed by atoms with Crippen LogP contribution in [-0.2, 0) is 14.2 Å². The molecule has 102 valence electrons. The highest BCUT2D eigenvalue weighted by Gasteiger charge is 2.27. The van der Waals surface area contributed by atoms with Gasteiger partial charge >= 0.3 is 0 Å². The molecule has 1 heterocycles. The van der Waals surface area contributed by atoms with E-state index in [1.54, 1.807) is 14.2 Å². The molecule has 0 aliphatic carbocycles. The van der Waals surface area contributed by atoms with Gasteiger partial charge in [0.2, 0.25) is 0 Å². The summed E-state index contributed by atoms with van der Waals surface area (Å²) in [5, 5.41) is 0. The number of hydrogen-bond acceptors (Lipinski definition) is 4. The van der Waals surface area contributed by atoms with E-state index in [4.69, 9.17) is 18.6 Å². The average Bonchev–Trinajstić information content (AvgIpc) is 2.74. The third kappa shape index (κ3) is 4.20. The minimum atomic E-state index is -0.695. The molecule has 4 heteroatoms. The molecule has 1 rings (SSSR count). The SMILES string of the molecule is C=C(CC(OC(C)(C)OC)c1ccc(C)o1)OC. The summed E-state index contributed by atoms with van der Waals surface area (Å²) >= 11 is 0. The predicted molar refractivity (Wildman–Crippen MR) is 69.1 cm³/mol. The first kappa shape index (κ1) is 14.8. The smallest absolute Gasteiger partial charge is 0.163 e. The zero-order chi connectivity index (χ0) is 13.8. The molecule has 0 amide bonds. The van der Waals surface area contributed by atoms with Crippen LogP contribution in [0.4, 0.5) is 0 Å². The van der Waals surface area contributed by atoms with Gasteiger partial charge in [-0.2, -0.15) is 0 Å². The van der Waals surface area contributed by atoms with Gasteiger partial charge in [-0.3, -0.25) is 0 Å². The second-order valence-corrected chi connectivity index (χ2v) is 4.61. The van der Waals surface area contributed by atoms with Crippen LogP contribution in [0, 0.1) is 6.92 Å². The molecule has 0 aliphatic heterocycles. The Balaban J connectivity index is 2.85. The molecular formula is C14H22O4. The van der Waals surface area contributed by atoms with Crippen LogP contribution in [0.1, 0.15) is 37.9 Å². The van der Waals surface area contributed by atoms with Crippen molar-refractivity contribution in [2.45, 2.75) is 39.1 Å². The van der Waals surface area contributed by atoms with Crippen molar-refractivity contribution in [3.8, 4) is 0 Å². The molecule has 18 heavy (non-hydrogen) atoms. The van der Waals surface area contributed by atoms with E-state index in [9.17, 15) is 0 Å². The topological polar surface area (TPSA) is 40.8 Å². The quantitative estimate of drug-likeness (QED) is 0.551. The summed E-state index contributed by atoms with van der Waals surface area (Å²) in [7, 11) is 3.20. The van der Waals surface area contributed by atoms with Crippen molar-refractivity contribution in [1.82, 2.24) is 0 Å². The van der Waals surface area contributed by atoms with Crippen LogP contribution >= 0.6 is 0 Å². The first-order valence-corrected chi connectivity index (χ1v) is 5.89. The van der Waals surface area contributed by atoms with Crippen molar-refractivity contribution in [1.29, 1.82) is 0 Å². The maximum absolute atomic E-state index is 5.90. The zero-order valence-electron chi connectivity index (χ0n) is 11.8. The van der Waals surface area contributed by atoms with Crippen LogP contribution in [-0.4, -0.2) is 20.0 Å². The number of ether oxygens (including phenoxy) is 3. The lowest BCUT2D eigenvalue weighted by Crippen LogP contribution is -2.29. The van der Waals surface area contributed by atoms with Gasteiger partial charge < -0.3 is 18.6 Å². The molecule has 4 nitrogen and oxygen atoms in total. The van der Waals surface area contributed by atoms with Gasteiger partial charge in [0.1, 0.15) is 17.6 Å². The summed E-state index contributed by atoms with van der Waals surface area (Å²) in [6.07, 6.45) is 0.247. The molecule has 0 fully saturated rings. The summed E-state index contributed by atoms with van der Waals surface area (Å²) in [5.41, 5.74) is 0. The van der Waals surface area contributed by atoms with Gasteiger partial charge in [0, 0.05) is 13.5 Å². The molecule has 0 N–H and O–H groups in total. The summed E-state index contributed by atoms with van der Waals surface area (Å²) in [6.45, 7) is 9.42. The predicted octanol–water partition coefficient (Wildman–Crippen LogP) is 3.58. The van der Waals surface area contributed by atoms with Gasteiger partial charge in [-0.1, -0.05) is 6.58 Å². The summed E-state index contributed by atoms with van der Waals surface area (Å²) in [5.74, 6) is 1.54.